The van der Waals surface area contributed by atoms with Crippen molar-refractivity contribution in [2.45, 2.75) is 44.8 Å². The summed E-state index contributed by atoms with van der Waals surface area (Å²) in [6.45, 7) is -2.18. The Balaban J connectivity index is 1.66. The average molecular weight is 382 g/mol. The van der Waals surface area contributed by atoms with Gasteiger partial charge in [-0.15, -0.1) is 0 Å². The summed E-state index contributed by atoms with van der Waals surface area (Å²) < 4.78 is 23.5. The van der Waals surface area contributed by atoms with Crippen LogP contribution in [0.2, 0.25) is 0 Å². The molecule has 1 aliphatic carbocycles. The molecular weight excluding hydrogens is 361 g/mol. The largest absolute Gasteiger partial charge is 0.461 e. The number of benzene rings is 2. The van der Waals surface area contributed by atoms with E-state index in [9.17, 15) is 9.36 Å². The number of fused-ring (bicyclic) bond motifs is 1. The number of halogens is 1. The summed E-state index contributed by atoms with van der Waals surface area (Å²) in [4.78, 5) is 12.1. The van der Waals surface area contributed by atoms with E-state index in [4.69, 9.17) is 20.5 Å². The predicted molar refractivity (Wildman–Crippen MR) is 99.0 cm³/mol. The van der Waals surface area contributed by atoms with Gasteiger partial charge in [0, 0.05) is 16.6 Å². The first-order valence-electron chi connectivity index (χ1n) is 8.40. The second-order valence-corrected chi connectivity index (χ2v) is 8.98. The van der Waals surface area contributed by atoms with Gasteiger partial charge in [0.25, 0.3) is 0 Å². The van der Waals surface area contributed by atoms with E-state index in [-0.39, 0.29) is 6.10 Å². The van der Waals surface area contributed by atoms with Crippen LogP contribution in [0, 0.1) is 0 Å². The van der Waals surface area contributed by atoms with Crippen molar-refractivity contribution in [1.82, 2.24) is 5.09 Å². The van der Waals surface area contributed by atoms with Crippen molar-refractivity contribution in [3.63, 3.8) is 0 Å². The van der Waals surface area contributed by atoms with Gasteiger partial charge >= 0.3 is 12.8 Å². The average Bonchev–Trinajstić information content (AvgIpc) is 3.07. The SMILES string of the molecule is C[C@H](NP(=O)(Cl)Oc1cccc2ccccc12)C(=O)OC1CCCC1. The highest BCUT2D eigenvalue weighted by Gasteiger charge is 2.30. The van der Waals surface area contributed by atoms with Crippen molar-refractivity contribution in [1.29, 1.82) is 0 Å². The summed E-state index contributed by atoms with van der Waals surface area (Å²) in [7, 11) is 0. The van der Waals surface area contributed by atoms with E-state index in [1.54, 1.807) is 19.1 Å². The van der Waals surface area contributed by atoms with Gasteiger partial charge in [-0.25, -0.2) is 9.65 Å². The smallest absolute Gasteiger partial charge is 0.409 e. The molecule has 1 aliphatic rings. The minimum Gasteiger partial charge on any atom is -0.461 e. The molecule has 1 saturated carbocycles. The fourth-order valence-corrected chi connectivity index (χ4v) is 4.68. The molecule has 0 saturated heterocycles. The maximum Gasteiger partial charge on any atom is 0.409 e. The quantitative estimate of drug-likeness (QED) is 0.561. The molecule has 0 spiro atoms. The van der Waals surface area contributed by atoms with Gasteiger partial charge < -0.3 is 9.26 Å². The summed E-state index contributed by atoms with van der Waals surface area (Å²) in [5.74, 6) is -0.0606. The van der Waals surface area contributed by atoms with Crippen molar-refractivity contribution >= 4 is 34.9 Å². The lowest BCUT2D eigenvalue weighted by Gasteiger charge is -2.20. The topological polar surface area (TPSA) is 64.6 Å². The third kappa shape index (κ3) is 4.75. The minimum atomic E-state index is -3.75. The highest BCUT2D eigenvalue weighted by molar-refractivity contribution is 7.84. The summed E-state index contributed by atoms with van der Waals surface area (Å²) in [5, 5.41) is 4.32. The molecule has 3 rings (SSSR count). The van der Waals surface area contributed by atoms with Crippen molar-refractivity contribution in [3.8, 4) is 5.75 Å². The van der Waals surface area contributed by atoms with Crippen LogP contribution in [-0.2, 0) is 14.1 Å². The van der Waals surface area contributed by atoms with Gasteiger partial charge in [-0.3, -0.25) is 4.79 Å². The fourth-order valence-electron chi connectivity index (χ4n) is 2.98. The van der Waals surface area contributed by atoms with Crippen LogP contribution in [-0.4, -0.2) is 18.1 Å². The van der Waals surface area contributed by atoms with Crippen LogP contribution in [0.5, 0.6) is 5.75 Å². The van der Waals surface area contributed by atoms with Gasteiger partial charge in [0.05, 0.1) is 0 Å². The van der Waals surface area contributed by atoms with Gasteiger partial charge in [-0.05, 0) is 44.1 Å². The first-order valence-corrected chi connectivity index (χ1v) is 10.9. The lowest BCUT2D eigenvalue weighted by Crippen LogP contribution is -2.35. The number of esters is 1. The second-order valence-electron chi connectivity index (χ2n) is 6.24. The molecule has 25 heavy (non-hydrogen) atoms. The molecule has 0 aromatic heterocycles. The fraction of sp³-hybridized carbons (Fsp3) is 0.389. The summed E-state index contributed by atoms with van der Waals surface area (Å²) in [6, 6.07) is 12.2. The van der Waals surface area contributed by atoms with Gasteiger partial charge in [0.15, 0.2) is 0 Å². The molecule has 7 heteroatoms. The molecule has 2 aromatic carbocycles. The van der Waals surface area contributed by atoms with Crippen molar-refractivity contribution < 1.29 is 18.6 Å². The number of hydrogen-bond acceptors (Lipinski definition) is 4. The Kier molecular flexibility index (Phi) is 5.67. The number of rotatable bonds is 6. The molecule has 0 heterocycles. The Bertz CT molecular complexity index is 801. The molecule has 0 bridgehead atoms. The number of hydrogen-bond donors (Lipinski definition) is 1. The van der Waals surface area contributed by atoms with Crippen LogP contribution in [0.15, 0.2) is 42.5 Å². The lowest BCUT2D eigenvalue weighted by molar-refractivity contribution is -0.150. The normalized spacial score (nSPS) is 18.6. The van der Waals surface area contributed by atoms with Crippen molar-refractivity contribution in [2.75, 3.05) is 0 Å². The van der Waals surface area contributed by atoms with Crippen LogP contribution < -0.4 is 9.61 Å². The van der Waals surface area contributed by atoms with E-state index in [0.717, 1.165) is 36.5 Å². The molecule has 0 amide bonds. The van der Waals surface area contributed by atoms with E-state index in [0.29, 0.717) is 5.75 Å². The van der Waals surface area contributed by atoms with Crippen LogP contribution in [0.4, 0.5) is 0 Å². The first-order chi connectivity index (χ1) is 11.9. The van der Waals surface area contributed by atoms with Crippen LogP contribution in [0.3, 0.4) is 0 Å². The van der Waals surface area contributed by atoms with Gasteiger partial charge in [0.1, 0.15) is 17.9 Å². The zero-order valence-corrected chi connectivity index (χ0v) is 15.6. The number of nitrogens with one attached hydrogen (secondary N) is 1. The summed E-state index contributed by atoms with van der Waals surface area (Å²) in [5.41, 5.74) is 0. The van der Waals surface area contributed by atoms with E-state index in [2.05, 4.69) is 5.09 Å². The van der Waals surface area contributed by atoms with Crippen molar-refractivity contribution in [2.24, 2.45) is 0 Å². The molecule has 2 atom stereocenters. The third-order valence-electron chi connectivity index (χ3n) is 4.25. The van der Waals surface area contributed by atoms with Gasteiger partial charge in [0.2, 0.25) is 0 Å². The molecule has 2 aromatic rings. The van der Waals surface area contributed by atoms with Gasteiger partial charge in [-0.2, -0.15) is 0 Å². The number of carbonyl (C=O) groups is 1. The monoisotopic (exact) mass is 381 g/mol. The zero-order chi connectivity index (χ0) is 17.9. The molecule has 1 fully saturated rings. The van der Waals surface area contributed by atoms with E-state index in [1.807, 2.05) is 30.3 Å². The summed E-state index contributed by atoms with van der Waals surface area (Å²) >= 11 is 6.04. The Morgan fingerprint density at radius 2 is 1.88 bits per heavy atom. The molecular formula is C18H21ClNO4P. The molecule has 134 valence electrons. The van der Waals surface area contributed by atoms with E-state index in [1.165, 1.54) is 0 Å². The third-order valence-corrected chi connectivity index (χ3v) is 5.88. The zero-order valence-electron chi connectivity index (χ0n) is 14.0. The number of ether oxygens (including phenoxy) is 1. The first kappa shape index (κ1) is 18.2. The molecule has 0 radical (unpaired) electrons. The highest BCUT2D eigenvalue weighted by Crippen LogP contribution is 2.50. The van der Waals surface area contributed by atoms with Crippen molar-refractivity contribution in [3.05, 3.63) is 42.5 Å². The van der Waals surface area contributed by atoms with E-state index < -0.39 is 18.9 Å². The Morgan fingerprint density at radius 1 is 1.20 bits per heavy atom. The lowest BCUT2D eigenvalue weighted by atomic mass is 10.1. The molecule has 0 aliphatic heterocycles. The Hall–Kier alpha value is -1.55. The standard InChI is InChI=1S/C18H21ClNO4P/c1-13(18(21)23-15-9-3-4-10-15)20-25(19,22)24-17-12-6-8-14-7-2-5-11-16(14)17/h2,5-8,11-13,15H,3-4,9-10H2,1H3,(H,20,22)/t13-,25?/m0/s1. The van der Waals surface area contributed by atoms with Gasteiger partial charge in [-0.1, -0.05) is 36.4 Å². The molecule has 1 N–H and O–H groups in total. The minimum absolute atomic E-state index is 0.0505. The second kappa shape index (κ2) is 7.77. The molecule has 1 unspecified atom stereocenters. The van der Waals surface area contributed by atoms with Crippen LogP contribution in [0.1, 0.15) is 32.6 Å². The van der Waals surface area contributed by atoms with Crippen LogP contribution in [0.25, 0.3) is 10.8 Å². The highest BCUT2D eigenvalue weighted by atomic mass is 35.7. The Labute approximate surface area is 151 Å². The number of carbonyl (C=O) groups excluding carboxylic acids is 1. The predicted octanol–water partition coefficient (Wildman–Crippen LogP) is 5.03. The molecule has 5 nitrogen and oxygen atoms in total. The van der Waals surface area contributed by atoms with Crippen LogP contribution >= 0.6 is 18.1 Å². The maximum absolute atomic E-state index is 12.6. The Morgan fingerprint density at radius 3 is 2.64 bits per heavy atom. The summed E-state index contributed by atoms with van der Waals surface area (Å²) in [6.07, 6.45) is 3.84. The maximum atomic E-state index is 12.6. The van der Waals surface area contributed by atoms with E-state index >= 15 is 0 Å².